The monoisotopic (exact) mass is 339 g/mol. The van der Waals surface area contributed by atoms with Gasteiger partial charge in [-0.15, -0.1) is 0 Å². The zero-order chi connectivity index (χ0) is 17.8. The maximum absolute atomic E-state index is 11.8. The Bertz CT molecular complexity index is 701. The fourth-order valence-corrected chi connectivity index (χ4v) is 7.20. The van der Waals surface area contributed by atoms with Crippen LogP contribution in [-0.4, -0.2) is 17.9 Å². The topological polar surface area (TPSA) is 46.5 Å². The fraction of sp³-hybridized carbons (Fsp3) is 0.727. The summed E-state index contributed by atoms with van der Waals surface area (Å²) >= 11 is 0. The average Bonchev–Trinajstić information content (AvgIpc) is 2.93. The van der Waals surface area contributed by atoms with Crippen molar-refractivity contribution in [1.82, 2.24) is 0 Å². The summed E-state index contributed by atoms with van der Waals surface area (Å²) in [5.74, 6) is 2.78. The fourth-order valence-electron chi connectivity index (χ4n) is 7.20. The first kappa shape index (κ1) is 17.0. The molecule has 0 aromatic rings. The molecule has 0 N–H and O–H groups in total. The first-order valence-electron chi connectivity index (χ1n) is 9.91. The summed E-state index contributed by atoms with van der Waals surface area (Å²) in [5, 5.41) is 0. The first-order valence-corrected chi connectivity index (χ1v) is 9.91. The Labute approximate surface area is 150 Å². The molecular weight excluding hydrogens is 310 g/mol. The van der Waals surface area contributed by atoms with Crippen molar-refractivity contribution in [3.05, 3.63) is 23.8 Å². The van der Waals surface area contributed by atoms with Gasteiger partial charge >= 0.3 is 0 Å². The molecule has 0 aromatic heterocycles. The highest BCUT2D eigenvalue weighted by Crippen LogP contribution is 2.66. The number of aliphatic imine (C=N–C) groups is 1. The largest absolute Gasteiger partial charge is 0.290 e. The van der Waals surface area contributed by atoms with E-state index in [1.807, 2.05) is 6.08 Å². The highest BCUT2D eigenvalue weighted by Gasteiger charge is 2.59. The number of allylic oxidation sites excluding steroid dienone is 4. The Morgan fingerprint density at radius 2 is 2.00 bits per heavy atom. The van der Waals surface area contributed by atoms with Gasteiger partial charge in [-0.3, -0.25) is 4.79 Å². The normalized spacial score (nSPS) is 46.4. The second kappa shape index (κ2) is 5.77. The molecule has 4 aliphatic rings. The lowest BCUT2D eigenvalue weighted by Crippen LogP contribution is -2.50. The predicted molar refractivity (Wildman–Crippen MR) is 97.7 cm³/mol. The van der Waals surface area contributed by atoms with Gasteiger partial charge in [0.25, 0.3) is 0 Å². The number of hydrogen-bond acceptors (Lipinski definition) is 3. The zero-order valence-corrected chi connectivity index (χ0v) is 15.6. The highest BCUT2D eigenvalue weighted by molar-refractivity contribution is 6.01. The van der Waals surface area contributed by atoms with E-state index in [1.165, 1.54) is 37.7 Å². The Morgan fingerprint density at radius 3 is 2.76 bits per heavy atom. The highest BCUT2D eigenvalue weighted by atomic mass is 16.1. The lowest BCUT2D eigenvalue weighted by Gasteiger charge is -2.57. The van der Waals surface area contributed by atoms with E-state index in [-0.39, 0.29) is 17.2 Å². The molecule has 0 heterocycles. The van der Waals surface area contributed by atoms with Crippen LogP contribution in [0.15, 0.2) is 28.8 Å². The molecule has 0 saturated heterocycles. The molecule has 0 aromatic carbocycles. The van der Waals surface area contributed by atoms with Crippen LogP contribution < -0.4 is 0 Å². The van der Waals surface area contributed by atoms with Gasteiger partial charge in [-0.1, -0.05) is 25.5 Å². The molecule has 0 aliphatic heterocycles. The predicted octanol–water partition coefficient (Wildman–Crippen LogP) is 4.63. The molecule has 3 nitrogen and oxygen atoms in total. The van der Waals surface area contributed by atoms with Gasteiger partial charge in [-0.05, 0) is 86.7 Å². The summed E-state index contributed by atoms with van der Waals surface area (Å²) in [6, 6.07) is 0.0888. The van der Waals surface area contributed by atoms with Crippen molar-refractivity contribution in [3.8, 4) is 0 Å². The average molecular weight is 339 g/mol. The van der Waals surface area contributed by atoms with E-state index in [0.29, 0.717) is 17.3 Å². The third-order valence-electron chi connectivity index (χ3n) is 8.47. The third-order valence-corrected chi connectivity index (χ3v) is 8.47. The first-order chi connectivity index (χ1) is 11.9. The van der Waals surface area contributed by atoms with Crippen LogP contribution in [0.3, 0.4) is 0 Å². The van der Waals surface area contributed by atoms with Crippen LogP contribution in [0.5, 0.6) is 0 Å². The van der Waals surface area contributed by atoms with Crippen molar-refractivity contribution >= 4 is 11.9 Å². The number of ketones is 1. The second-order valence-corrected chi connectivity index (χ2v) is 9.29. The number of rotatable bonds is 2. The number of isocyanates is 1. The molecule has 0 radical (unpaired) electrons. The minimum Gasteiger partial charge on any atom is -0.290 e. The molecule has 0 amide bonds. The van der Waals surface area contributed by atoms with E-state index in [2.05, 4.69) is 31.8 Å². The molecule has 3 saturated carbocycles. The van der Waals surface area contributed by atoms with E-state index in [9.17, 15) is 9.59 Å². The molecule has 7 atom stereocenters. The van der Waals surface area contributed by atoms with Gasteiger partial charge in [0.1, 0.15) is 0 Å². The Hall–Kier alpha value is -1.47. The van der Waals surface area contributed by atoms with Crippen molar-refractivity contribution in [1.29, 1.82) is 0 Å². The summed E-state index contributed by atoms with van der Waals surface area (Å²) in [6.07, 6.45) is 14.8. The molecule has 4 aliphatic carbocycles. The van der Waals surface area contributed by atoms with Crippen molar-refractivity contribution < 1.29 is 9.59 Å². The van der Waals surface area contributed by atoms with Crippen LogP contribution in [0.2, 0.25) is 0 Å². The smallest absolute Gasteiger partial charge is 0.235 e. The summed E-state index contributed by atoms with van der Waals surface area (Å²) in [5.41, 5.74) is 1.73. The van der Waals surface area contributed by atoms with E-state index >= 15 is 0 Å². The number of carbonyl (C=O) groups is 1. The lowest BCUT2D eigenvalue weighted by molar-refractivity contribution is -0.111. The summed E-state index contributed by atoms with van der Waals surface area (Å²) in [7, 11) is 0. The van der Waals surface area contributed by atoms with Crippen LogP contribution in [0, 0.1) is 34.5 Å². The summed E-state index contributed by atoms with van der Waals surface area (Å²) in [4.78, 5) is 26.7. The maximum Gasteiger partial charge on any atom is 0.235 e. The molecular formula is C22H29NO2. The number of hydrogen-bond donors (Lipinski definition) is 0. The van der Waals surface area contributed by atoms with Crippen molar-refractivity contribution in [2.24, 2.45) is 39.5 Å². The molecule has 4 rings (SSSR count). The zero-order valence-electron chi connectivity index (χ0n) is 15.6. The van der Waals surface area contributed by atoms with E-state index < -0.39 is 0 Å². The number of fused-ring (bicyclic) bond motifs is 5. The molecule has 1 unspecified atom stereocenters. The van der Waals surface area contributed by atoms with E-state index in [1.54, 1.807) is 12.2 Å². The van der Waals surface area contributed by atoms with Gasteiger partial charge in [0.2, 0.25) is 6.08 Å². The minimum atomic E-state index is 0.0722. The van der Waals surface area contributed by atoms with Crippen LogP contribution >= 0.6 is 0 Å². The summed E-state index contributed by atoms with van der Waals surface area (Å²) in [6.45, 7) is 6.90. The van der Waals surface area contributed by atoms with Crippen LogP contribution in [0.4, 0.5) is 0 Å². The lowest BCUT2D eigenvalue weighted by atomic mass is 9.47. The standard InChI is InChI=1S/C22H29NO2/c1-14(23-13-24)18-6-7-19-17-5-4-15-12-16(25)8-10-21(15,2)20(17)9-11-22(18,19)3/h8,10,12,14,17-20H,4-7,9,11H2,1-3H3/t14?,17-,18+,19-,20-,21-,22+/m0/s1. The van der Waals surface area contributed by atoms with Gasteiger partial charge in [0.15, 0.2) is 5.78 Å². The molecule has 0 spiro atoms. The van der Waals surface area contributed by atoms with Gasteiger partial charge in [0, 0.05) is 5.41 Å². The van der Waals surface area contributed by atoms with E-state index in [0.717, 1.165) is 18.3 Å². The Balaban J connectivity index is 1.64. The van der Waals surface area contributed by atoms with Gasteiger partial charge in [-0.2, -0.15) is 0 Å². The number of nitrogens with zero attached hydrogens (tertiary/aromatic N) is 1. The molecule has 3 heteroatoms. The van der Waals surface area contributed by atoms with Gasteiger partial charge in [-0.25, -0.2) is 9.79 Å². The van der Waals surface area contributed by atoms with E-state index in [4.69, 9.17) is 0 Å². The van der Waals surface area contributed by atoms with Crippen LogP contribution in [0.25, 0.3) is 0 Å². The Morgan fingerprint density at radius 1 is 1.20 bits per heavy atom. The van der Waals surface area contributed by atoms with Crippen molar-refractivity contribution in [3.63, 3.8) is 0 Å². The van der Waals surface area contributed by atoms with Crippen molar-refractivity contribution in [2.45, 2.75) is 65.3 Å². The maximum atomic E-state index is 11.8. The van der Waals surface area contributed by atoms with Crippen molar-refractivity contribution in [2.75, 3.05) is 0 Å². The quantitative estimate of drug-likeness (QED) is 0.544. The SMILES string of the molecule is CC(N=C=O)[C@H]1CC[C@H]2[C@@H]3CCC4=CC(=O)C=C[C@]4(C)[C@H]3CC[C@]12C. The third kappa shape index (κ3) is 2.35. The minimum absolute atomic E-state index is 0.0722. The molecule has 3 fully saturated rings. The van der Waals surface area contributed by atoms with Gasteiger partial charge in [0.05, 0.1) is 6.04 Å². The van der Waals surface area contributed by atoms with Crippen LogP contribution in [0.1, 0.15) is 59.3 Å². The molecule has 134 valence electrons. The molecule has 25 heavy (non-hydrogen) atoms. The van der Waals surface area contributed by atoms with Gasteiger partial charge < -0.3 is 0 Å². The Kier molecular flexibility index (Phi) is 3.92. The second-order valence-electron chi connectivity index (χ2n) is 9.29. The summed E-state index contributed by atoms with van der Waals surface area (Å²) < 4.78 is 0. The molecule has 0 bridgehead atoms. The number of carbonyl (C=O) groups excluding carboxylic acids is 2. The van der Waals surface area contributed by atoms with Crippen LogP contribution in [-0.2, 0) is 9.59 Å².